The molecule has 5 aromatic rings. The quantitative estimate of drug-likeness (QED) is 0.0206. The molecule has 1 aromatic heterocycles. The van der Waals surface area contributed by atoms with Crippen LogP contribution in [0.25, 0.3) is 0 Å². The second kappa shape index (κ2) is 32.7. The number of halogens is 2. The highest BCUT2D eigenvalue weighted by Crippen LogP contribution is 2.31. The Labute approximate surface area is 497 Å². The van der Waals surface area contributed by atoms with Crippen molar-refractivity contribution in [3.05, 3.63) is 113 Å². The fraction of sp³-hybridized carbons (Fsp3) is 0.446. The highest BCUT2D eigenvalue weighted by molar-refractivity contribution is 9.09. The number of anilines is 8. The number of carbonyl (C=O) groups is 2. The van der Waals surface area contributed by atoms with Gasteiger partial charge in [-0.25, -0.2) is 4.98 Å². The van der Waals surface area contributed by atoms with Gasteiger partial charge in [0.25, 0.3) is 0 Å². The van der Waals surface area contributed by atoms with Crippen LogP contribution in [0.2, 0.25) is 0 Å². The lowest BCUT2D eigenvalue weighted by atomic mass is 10.1. The summed E-state index contributed by atoms with van der Waals surface area (Å²) in [5.41, 5.74) is 19.9. The maximum Gasteiger partial charge on any atom is 0.206 e. The normalized spacial score (nSPS) is 16.2. The highest BCUT2D eigenvalue weighted by atomic mass is 79.9. The first-order chi connectivity index (χ1) is 36.8. The Balaban J connectivity index is 0.000000231. The van der Waals surface area contributed by atoms with Crippen LogP contribution in [-0.4, -0.2) is 165 Å². The molecule has 78 heavy (non-hydrogen) atoms. The first-order valence-corrected chi connectivity index (χ1v) is 29.6. The summed E-state index contributed by atoms with van der Waals surface area (Å²) in [7, 11) is 0. The van der Waals surface area contributed by atoms with Crippen LogP contribution in [0.4, 0.5) is 45.1 Å². The monoisotopic (exact) mass is 1270 g/mol. The van der Waals surface area contributed by atoms with Gasteiger partial charge in [-0.05, 0) is 143 Å². The SMILES string of the molecule is Br.CC(C)N1CCN(c2ccc(Nc3nc(N)c(C(=O)c4ccc(N5CCOCC5)cc4)s3)cc2)CC1.CCSC(N)=NC(=S)Nc1ccc(N2CCN(C(C)C)CC2)cc1.O=C(CBr)c1ccc(N2CCOCC2)cc1.P. The number of nitrogens with two attached hydrogens (primary N) is 2. The number of benzene rings is 4. The van der Waals surface area contributed by atoms with Gasteiger partial charge in [-0.1, -0.05) is 46.0 Å². The highest BCUT2D eigenvalue weighted by Gasteiger charge is 2.22. The second-order valence-corrected chi connectivity index (χ2v) is 22.4. The smallest absolute Gasteiger partial charge is 0.206 e. The molecule has 0 saturated carbocycles. The van der Waals surface area contributed by atoms with E-state index in [-0.39, 0.29) is 44.3 Å². The zero-order valence-corrected chi connectivity index (χ0v) is 52.9. The maximum atomic E-state index is 13.1. The number of ketones is 2. The van der Waals surface area contributed by atoms with E-state index >= 15 is 0 Å². The number of Topliss-reactive ketones (excluding diaryl/α,β-unsaturated/α-hetero) is 1. The minimum atomic E-state index is -0.109. The Morgan fingerprint density at radius 1 is 0.667 bits per heavy atom. The van der Waals surface area contributed by atoms with Crippen molar-refractivity contribution in [1.82, 2.24) is 14.8 Å². The minimum absolute atomic E-state index is 0. The Morgan fingerprint density at radius 3 is 1.47 bits per heavy atom. The molecule has 0 aliphatic carbocycles. The van der Waals surface area contributed by atoms with Gasteiger partial charge in [0.05, 0.1) is 31.8 Å². The average Bonchev–Trinajstić information content (AvgIpc) is 3.82. The number of piperazine rings is 2. The van der Waals surface area contributed by atoms with Gasteiger partial charge in [-0.2, -0.15) is 14.9 Å². The second-order valence-electron chi connectivity index (χ2n) is 19.2. The van der Waals surface area contributed by atoms with Crippen molar-refractivity contribution in [2.75, 3.05) is 152 Å². The van der Waals surface area contributed by atoms with Crippen LogP contribution in [0.1, 0.15) is 60.2 Å². The van der Waals surface area contributed by atoms with Gasteiger partial charge in [-0.15, -0.1) is 17.0 Å². The van der Waals surface area contributed by atoms with Crippen LogP contribution in [0.15, 0.2) is 102 Å². The Kier molecular flexibility index (Phi) is 27.0. The van der Waals surface area contributed by atoms with E-state index in [2.05, 4.69) is 118 Å². The van der Waals surface area contributed by atoms with Gasteiger partial charge in [0.15, 0.2) is 21.2 Å². The van der Waals surface area contributed by atoms with E-state index in [0.717, 1.165) is 139 Å². The number of nitrogens with zero attached hydrogens (tertiary/aromatic N) is 8. The van der Waals surface area contributed by atoms with Gasteiger partial charge in [0.1, 0.15) is 10.7 Å². The number of alkyl halides is 1. The van der Waals surface area contributed by atoms with E-state index in [0.29, 0.717) is 43.3 Å². The molecule has 9 rings (SSSR count). The summed E-state index contributed by atoms with van der Waals surface area (Å²) in [5, 5.41) is 8.29. The minimum Gasteiger partial charge on any atom is -0.382 e. The van der Waals surface area contributed by atoms with Crippen molar-refractivity contribution in [2.45, 2.75) is 46.7 Å². The number of hydrogen-bond acceptors (Lipinski definition) is 16. The standard InChI is InChI=1S/C27H34N6O2S.C17H27N5S2.C12H14BrNO2.BrH.H3P/c1-19(2)31-11-13-32(14-12-31)23-9-5-21(6-10-23)29-27-30-26(28)25(36-27)24(34)20-3-7-22(8-4-20)33-15-17-35-18-16-33;1-4-24-16(18)20-17(23)19-14-5-7-15(8-6-14)22-11-9-21(10-12-22)13(2)3;13-9-12(15)10-1-3-11(4-2-10)14-5-7-16-8-6-14;;/h3-10,19H,11-18,28H2,1-2H3,(H,29,30);5-8,13H,4,9-12H2,1-3H3,(H3,18,19,20,23);1-4H,5-9H2;1H;1H3. The molecule has 424 valence electrons. The molecular weight excluding hydrogens is 1190 g/mol. The summed E-state index contributed by atoms with van der Waals surface area (Å²) >= 11 is 11.2. The lowest BCUT2D eigenvalue weighted by molar-refractivity contribution is 0.102. The molecule has 1 unspecified atom stereocenters. The molecule has 0 amide bonds. The molecule has 1 atom stereocenters. The molecule has 6 N–H and O–H groups in total. The zero-order chi connectivity index (χ0) is 54.0. The third-order valence-corrected chi connectivity index (χ3v) is 16.0. The summed E-state index contributed by atoms with van der Waals surface area (Å²) in [6, 6.07) is 33.4. The summed E-state index contributed by atoms with van der Waals surface area (Å²) in [6.07, 6.45) is 0. The third kappa shape index (κ3) is 19.1. The van der Waals surface area contributed by atoms with E-state index in [1.54, 1.807) is 0 Å². The van der Waals surface area contributed by atoms with Crippen molar-refractivity contribution in [1.29, 1.82) is 0 Å². The first-order valence-electron chi connectivity index (χ1n) is 26.3. The fourth-order valence-corrected chi connectivity index (χ4v) is 11.1. The van der Waals surface area contributed by atoms with Crippen molar-refractivity contribution in [3.8, 4) is 0 Å². The molecular formula is C56H79Br2N12O4PS3. The number of rotatable bonds is 14. The molecule has 0 spiro atoms. The van der Waals surface area contributed by atoms with Crippen LogP contribution in [-0.2, 0) is 9.47 Å². The zero-order valence-electron chi connectivity index (χ0n) is 45.7. The Hall–Kier alpha value is -4.41. The maximum absolute atomic E-state index is 13.1. The van der Waals surface area contributed by atoms with Gasteiger partial charge in [-0.3, -0.25) is 19.4 Å². The van der Waals surface area contributed by atoms with Crippen LogP contribution in [0, 0.1) is 0 Å². The van der Waals surface area contributed by atoms with Crippen LogP contribution < -0.4 is 41.7 Å². The predicted molar refractivity (Wildman–Crippen MR) is 348 cm³/mol. The number of amidine groups is 1. The average molecular weight is 1270 g/mol. The topological polar surface area (TPSA) is 173 Å². The van der Waals surface area contributed by atoms with Gasteiger partial charge in [0.2, 0.25) is 5.78 Å². The van der Waals surface area contributed by atoms with Crippen LogP contribution >= 0.6 is 78.1 Å². The van der Waals surface area contributed by atoms with Crippen molar-refractivity contribution >= 4 is 145 Å². The summed E-state index contributed by atoms with van der Waals surface area (Å²) < 4.78 is 10.7. The summed E-state index contributed by atoms with van der Waals surface area (Å²) in [5.74, 6) is 1.15. The molecule has 4 aliphatic heterocycles. The number of aromatic nitrogens is 1. The Bertz CT molecular complexity index is 2640. The molecule has 4 fully saturated rings. The number of nitrogens with one attached hydrogen (secondary N) is 2. The van der Waals surface area contributed by atoms with Gasteiger partial charge < -0.3 is 51.2 Å². The summed E-state index contributed by atoms with van der Waals surface area (Å²) in [6.45, 7) is 26.2. The largest absolute Gasteiger partial charge is 0.382 e. The molecule has 0 radical (unpaired) electrons. The van der Waals surface area contributed by atoms with E-state index < -0.39 is 0 Å². The molecule has 16 nitrogen and oxygen atoms in total. The number of hydrogen-bond donors (Lipinski definition) is 4. The fourth-order valence-electron chi connectivity index (χ4n) is 9.14. The number of aliphatic imine (C=N–C) groups is 1. The van der Waals surface area contributed by atoms with Crippen molar-refractivity contribution < 1.29 is 19.1 Å². The van der Waals surface area contributed by atoms with Gasteiger partial charge in [0, 0.05) is 136 Å². The molecule has 0 bridgehead atoms. The lowest BCUT2D eigenvalue weighted by Gasteiger charge is -2.38. The molecule has 4 aliphatic rings. The number of thioether (sulfide) groups is 1. The van der Waals surface area contributed by atoms with Crippen LogP contribution in [0.3, 0.4) is 0 Å². The van der Waals surface area contributed by atoms with E-state index in [9.17, 15) is 9.59 Å². The number of morpholine rings is 2. The molecule has 5 heterocycles. The number of carbonyl (C=O) groups excluding carboxylic acids is 2. The van der Waals surface area contributed by atoms with E-state index in [4.69, 9.17) is 33.2 Å². The summed E-state index contributed by atoms with van der Waals surface area (Å²) in [4.78, 5) is 48.0. The lowest BCUT2D eigenvalue weighted by Crippen LogP contribution is -2.48. The molecule has 4 saturated heterocycles. The van der Waals surface area contributed by atoms with E-state index in [1.807, 2.05) is 79.7 Å². The first kappa shape index (κ1) is 64.4. The number of thiocarbonyl (C=S) groups is 1. The third-order valence-electron chi connectivity index (χ3n) is 13.6. The predicted octanol–water partition coefficient (Wildman–Crippen LogP) is 9.79. The number of thiazole rings is 1. The molecule has 22 heteroatoms. The van der Waals surface area contributed by atoms with Crippen molar-refractivity contribution in [3.63, 3.8) is 0 Å². The Morgan fingerprint density at radius 2 is 1.06 bits per heavy atom. The molecule has 4 aromatic carbocycles. The number of nitrogen functional groups attached to an aromatic ring is 1. The van der Waals surface area contributed by atoms with E-state index in [1.165, 1.54) is 34.5 Å². The van der Waals surface area contributed by atoms with Gasteiger partial charge >= 0.3 is 0 Å². The van der Waals surface area contributed by atoms with Crippen molar-refractivity contribution in [2.24, 2.45) is 10.7 Å². The number of ether oxygens (including phenoxy) is 2. The van der Waals surface area contributed by atoms with Crippen LogP contribution in [0.5, 0.6) is 0 Å².